The third kappa shape index (κ3) is 2.63. The Kier molecular flexibility index (Phi) is 3.68. The Hall–Kier alpha value is -3.22. The van der Waals surface area contributed by atoms with E-state index in [9.17, 15) is 4.79 Å². The topological polar surface area (TPSA) is 67.2 Å². The third-order valence-corrected chi connectivity index (χ3v) is 4.39. The highest BCUT2D eigenvalue weighted by Gasteiger charge is 2.32. The summed E-state index contributed by atoms with van der Waals surface area (Å²) in [4.78, 5) is 24.9. The van der Waals surface area contributed by atoms with Crippen molar-refractivity contribution < 1.29 is 4.79 Å². The van der Waals surface area contributed by atoms with Crippen LogP contribution in [0.2, 0.25) is 0 Å². The molecule has 25 heavy (non-hydrogen) atoms. The van der Waals surface area contributed by atoms with Crippen LogP contribution in [0.5, 0.6) is 0 Å². The Balaban J connectivity index is 1.59. The summed E-state index contributed by atoms with van der Waals surface area (Å²) in [6, 6.07) is 7.60. The number of aromatic nitrogens is 4. The average Bonchev–Trinajstić information content (AvgIpc) is 3.21. The fourth-order valence-corrected chi connectivity index (χ4v) is 2.83. The molecule has 0 bridgehead atoms. The van der Waals surface area contributed by atoms with E-state index < -0.39 is 0 Å². The van der Waals surface area contributed by atoms with Crippen molar-refractivity contribution in [3.63, 3.8) is 0 Å². The fraction of sp³-hybridized carbons (Fsp3) is 0.222. The highest BCUT2D eigenvalue weighted by Crippen LogP contribution is 2.27. The number of nitrogens with zero attached hydrogens (tertiary/aromatic N) is 6. The van der Waals surface area contributed by atoms with Crippen LogP contribution in [0.1, 0.15) is 23.0 Å². The van der Waals surface area contributed by atoms with Crippen molar-refractivity contribution in [2.24, 2.45) is 0 Å². The predicted octanol–water partition coefficient (Wildman–Crippen LogP) is 2.28. The van der Waals surface area contributed by atoms with Crippen LogP contribution in [-0.2, 0) is 6.54 Å². The number of anilines is 2. The lowest BCUT2D eigenvalue weighted by Crippen LogP contribution is -2.23. The third-order valence-electron chi connectivity index (χ3n) is 4.39. The monoisotopic (exact) mass is 334 g/mol. The van der Waals surface area contributed by atoms with E-state index in [0.29, 0.717) is 12.1 Å². The van der Waals surface area contributed by atoms with E-state index in [0.717, 1.165) is 29.4 Å². The molecule has 0 saturated carbocycles. The highest BCUT2D eigenvalue weighted by molar-refractivity contribution is 6.09. The number of fused-ring (bicyclic) bond motifs is 1. The second-order valence-corrected chi connectivity index (χ2v) is 5.93. The van der Waals surface area contributed by atoms with Crippen molar-refractivity contribution in [3.8, 4) is 5.69 Å². The highest BCUT2D eigenvalue weighted by atomic mass is 16.2. The Morgan fingerprint density at radius 1 is 1.20 bits per heavy atom. The molecule has 1 aliphatic heterocycles. The summed E-state index contributed by atoms with van der Waals surface area (Å²) in [6.07, 6.45) is 6.92. The molecule has 4 rings (SSSR count). The van der Waals surface area contributed by atoms with Gasteiger partial charge >= 0.3 is 0 Å². The summed E-state index contributed by atoms with van der Waals surface area (Å²) in [5, 5.41) is 4.56. The van der Waals surface area contributed by atoms with Crippen molar-refractivity contribution in [1.82, 2.24) is 19.7 Å². The van der Waals surface area contributed by atoms with Gasteiger partial charge in [-0.2, -0.15) is 5.10 Å². The molecule has 0 radical (unpaired) electrons. The Labute approximate surface area is 145 Å². The van der Waals surface area contributed by atoms with Gasteiger partial charge in [-0.3, -0.25) is 9.78 Å². The van der Waals surface area contributed by atoms with Crippen molar-refractivity contribution in [2.75, 3.05) is 23.4 Å². The van der Waals surface area contributed by atoms with E-state index in [2.05, 4.69) is 26.9 Å². The molecule has 3 aromatic rings. The molecular weight excluding hydrogens is 316 g/mol. The number of hydrogen-bond acceptors (Lipinski definition) is 5. The van der Waals surface area contributed by atoms with Crippen LogP contribution in [0, 0.1) is 0 Å². The summed E-state index contributed by atoms with van der Waals surface area (Å²) in [5.41, 5.74) is 3.01. The molecule has 1 aliphatic rings. The second-order valence-electron chi connectivity index (χ2n) is 5.93. The van der Waals surface area contributed by atoms with Crippen LogP contribution in [0.3, 0.4) is 0 Å². The van der Waals surface area contributed by atoms with Gasteiger partial charge < -0.3 is 9.80 Å². The zero-order valence-corrected chi connectivity index (χ0v) is 14.1. The van der Waals surface area contributed by atoms with E-state index in [4.69, 9.17) is 0 Å². The van der Waals surface area contributed by atoms with Crippen molar-refractivity contribution in [3.05, 3.63) is 60.3 Å². The lowest BCUT2D eigenvalue weighted by Gasteiger charge is -2.16. The van der Waals surface area contributed by atoms with Crippen molar-refractivity contribution in [2.45, 2.75) is 13.5 Å². The number of carbonyl (C=O) groups is 1. The molecule has 126 valence electrons. The van der Waals surface area contributed by atoms with E-state index in [-0.39, 0.29) is 5.91 Å². The van der Waals surface area contributed by atoms with Gasteiger partial charge in [-0.1, -0.05) is 0 Å². The Morgan fingerprint density at radius 2 is 2.08 bits per heavy atom. The minimum Gasteiger partial charge on any atom is -0.360 e. The van der Waals surface area contributed by atoms with Crippen LogP contribution in [0.15, 0.2) is 49.1 Å². The smallest absolute Gasteiger partial charge is 0.262 e. The van der Waals surface area contributed by atoms with Crippen LogP contribution in [-0.4, -0.2) is 39.2 Å². The van der Waals surface area contributed by atoms with Gasteiger partial charge in [0.2, 0.25) is 0 Å². The Bertz CT molecular complexity index is 903. The van der Waals surface area contributed by atoms with Crippen LogP contribution in [0.4, 0.5) is 11.5 Å². The normalized spacial score (nSPS) is 13.2. The minimum atomic E-state index is -0.0513. The van der Waals surface area contributed by atoms with Gasteiger partial charge in [0.15, 0.2) is 0 Å². The van der Waals surface area contributed by atoms with Crippen LogP contribution < -0.4 is 9.80 Å². The molecule has 0 saturated heterocycles. The van der Waals surface area contributed by atoms with Gasteiger partial charge in [-0.25, -0.2) is 9.67 Å². The Morgan fingerprint density at radius 3 is 2.72 bits per heavy atom. The lowest BCUT2D eigenvalue weighted by molar-refractivity contribution is 0.0996. The van der Waals surface area contributed by atoms with Gasteiger partial charge in [-0.05, 0) is 31.2 Å². The van der Waals surface area contributed by atoms with E-state index >= 15 is 0 Å². The van der Waals surface area contributed by atoms with Crippen LogP contribution >= 0.6 is 0 Å². The number of rotatable bonds is 4. The molecular formula is C18H18N6O. The maximum atomic E-state index is 12.6. The zero-order valence-electron chi connectivity index (χ0n) is 14.1. The molecule has 0 aromatic carbocycles. The van der Waals surface area contributed by atoms with Crippen LogP contribution in [0.25, 0.3) is 5.69 Å². The van der Waals surface area contributed by atoms with Gasteiger partial charge in [-0.15, -0.1) is 0 Å². The van der Waals surface area contributed by atoms with Gasteiger partial charge in [0.25, 0.3) is 5.91 Å². The summed E-state index contributed by atoms with van der Waals surface area (Å²) in [5.74, 6) is 0.856. The van der Waals surface area contributed by atoms with Gasteiger partial charge in [0.05, 0.1) is 41.6 Å². The van der Waals surface area contributed by atoms with Crippen molar-refractivity contribution in [1.29, 1.82) is 0 Å². The molecule has 7 heteroatoms. The van der Waals surface area contributed by atoms with Gasteiger partial charge in [0, 0.05) is 26.0 Å². The maximum absolute atomic E-state index is 12.6. The first-order valence-corrected chi connectivity index (χ1v) is 8.15. The van der Waals surface area contributed by atoms with E-state index in [1.807, 2.05) is 31.3 Å². The maximum Gasteiger partial charge on any atom is 0.262 e. The fourth-order valence-electron chi connectivity index (χ4n) is 2.83. The molecule has 4 heterocycles. The lowest BCUT2D eigenvalue weighted by atomic mass is 10.3. The SMILES string of the molecule is CCN(C)c1ccc(-n2cc3c(n2)CN(c2cccnc2)C3=O)cn1. The number of amides is 1. The largest absolute Gasteiger partial charge is 0.360 e. The summed E-state index contributed by atoms with van der Waals surface area (Å²) < 4.78 is 1.71. The molecule has 0 fully saturated rings. The quantitative estimate of drug-likeness (QED) is 0.732. The number of pyridine rings is 2. The standard InChI is InChI=1S/C18H18N6O/c1-3-22(2)17-7-6-14(10-20-17)24-11-15-16(21-24)12-23(18(15)25)13-5-4-8-19-9-13/h4-11H,3,12H2,1-2H3. The molecule has 0 N–H and O–H groups in total. The first kappa shape index (κ1) is 15.3. The van der Waals surface area contributed by atoms with E-state index in [1.165, 1.54) is 0 Å². The second kappa shape index (κ2) is 6.01. The molecule has 0 spiro atoms. The average molecular weight is 334 g/mol. The molecule has 0 unspecified atom stereocenters. The van der Waals surface area contributed by atoms with E-state index in [1.54, 1.807) is 34.4 Å². The number of hydrogen-bond donors (Lipinski definition) is 0. The number of carbonyl (C=O) groups excluding carboxylic acids is 1. The zero-order chi connectivity index (χ0) is 17.4. The summed E-state index contributed by atoms with van der Waals surface area (Å²) in [6.45, 7) is 3.42. The summed E-state index contributed by atoms with van der Waals surface area (Å²) in [7, 11) is 2.00. The molecule has 3 aromatic heterocycles. The predicted molar refractivity (Wildman–Crippen MR) is 95.1 cm³/mol. The minimum absolute atomic E-state index is 0.0513. The van der Waals surface area contributed by atoms with Gasteiger partial charge in [0.1, 0.15) is 5.82 Å². The molecule has 7 nitrogen and oxygen atoms in total. The molecule has 1 amide bonds. The first-order valence-electron chi connectivity index (χ1n) is 8.15. The molecule has 0 aliphatic carbocycles. The van der Waals surface area contributed by atoms with Crippen molar-refractivity contribution >= 4 is 17.4 Å². The molecule has 0 atom stereocenters. The first-order chi connectivity index (χ1) is 12.2. The summed E-state index contributed by atoms with van der Waals surface area (Å²) >= 11 is 0.